The highest BCUT2D eigenvalue weighted by Gasteiger charge is 2.70. The maximum absolute atomic E-state index is 12.6. The van der Waals surface area contributed by atoms with Crippen molar-refractivity contribution in [2.75, 3.05) is 0 Å². The average Bonchev–Trinajstić information content (AvgIpc) is 2.11. The first-order valence-corrected chi connectivity index (χ1v) is 4.60. The molecule has 0 atom stereocenters. The molecule has 19 heavy (non-hydrogen) atoms. The number of alkyl halides is 9. The Morgan fingerprint density at radius 2 is 1.32 bits per heavy atom. The first-order chi connectivity index (χ1) is 8.21. The molecule has 1 nitrogen and oxygen atoms in total. The molecule has 0 unspecified atom stereocenters. The van der Waals surface area contributed by atoms with Crippen molar-refractivity contribution in [1.29, 1.82) is 0 Å². The zero-order valence-electron chi connectivity index (χ0n) is 8.84. The number of halogens is 9. The molecule has 0 aromatic heterocycles. The third-order valence-electron chi connectivity index (χ3n) is 2.56. The standard InChI is InChI=1S/C9H6F9N/c10-7(11,12)4-1-5(19)3-6(2-4,8(13,14)15)9(16,17)18/h1-2H,3,19H2. The predicted molar refractivity (Wildman–Crippen MR) is 45.6 cm³/mol. The molecule has 0 aliphatic heterocycles. The SMILES string of the molecule is NC1=CC(C(F)(F)F)=CC(C(F)(F)F)(C(F)(F)F)C1. The van der Waals surface area contributed by atoms with Crippen molar-refractivity contribution in [2.24, 2.45) is 11.1 Å². The van der Waals surface area contributed by atoms with Crippen LogP contribution in [0.15, 0.2) is 23.4 Å². The highest BCUT2D eigenvalue weighted by atomic mass is 19.4. The normalized spacial score (nSPS) is 20.9. The van der Waals surface area contributed by atoms with Gasteiger partial charge in [0.15, 0.2) is 5.41 Å². The lowest BCUT2D eigenvalue weighted by molar-refractivity contribution is -0.322. The summed E-state index contributed by atoms with van der Waals surface area (Å²) in [7, 11) is 0. The summed E-state index contributed by atoms with van der Waals surface area (Å²) in [5.41, 5.74) is -3.01. The highest BCUT2D eigenvalue weighted by Crippen LogP contribution is 2.57. The molecule has 0 saturated heterocycles. The van der Waals surface area contributed by atoms with Gasteiger partial charge in [-0.05, 0) is 12.2 Å². The third kappa shape index (κ3) is 2.66. The Hall–Kier alpha value is -1.35. The summed E-state index contributed by atoms with van der Waals surface area (Å²) in [6, 6.07) is 0. The lowest BCUT2D eigenvalue weighted by atomic mass is 9.76. The van der Waals surface area contributed by atoms with Crippen LogP contribution in [0.1, 0.15) is 6.42 Å². The molecule has 0 saturated carbocycles. The number of rotatable bonds is 0. The van der Waals surface area contributed by atoms with Crippen LogP contribution >= 0.6 is 0 Å². The minimum absolute atomic E-state index is 0.0652. The Balaban J connectivity index is 3.53. The van der Waals surface area contributed by atoms with Gasteiger partial charge in [0.05, 0.1) is 5.57 Å². The van der Waals surface area contributed by atoms with E-state index in [0.717, 1.165) is 0 Å². The number of hydrogen-bond donors (Lipinski definition) is 1. The monoisotopic (exact) mass is 299 g/mol. The molecule has 0 heterocycles. The summed E-state index contributed by atoms with van der Waals surface area (Å²) in [6.07, 6.45) is -19.8. The van der Waals surface area contributed by atoms with E-state index in [-0.39, 0.29) is 6.08 Å². The van der Waals surface area contributed by atoms with Gasteiger partial charge in [0, 0.05) is 12.1 Å². The molecular formula is C9H6F9N. The molecular weight excluding hydrogens is 293 g/mol. The van der Waals surface area contributed by atoms with Crippen molar-refractivity contribution in [3.05, 3.63) is 23.4 Å². The van der Waals surface area contributed by atoms with Gasteiger partial charge in [-0.2, -0.15) is 39.5 Å². The van der Waals surface area contributed by atoms with Gasteiger partial charge in [0.1, 0.15) is 0 Å². The van der Waals surface area contributed by atoms with Crippen molar-refractivity contribution in [2.45, 2.75) is 24.9 Å². The molecule has 110 valence electrons. The second-order valence-electron chi connectivity index (χ2n) is 3.96. The molecule has 2 N–H and O–H groups in total. The summed E-state index contributed by atoms with van der Waals surface area (Å²) in [5, 5.41) is 0. The molecule has 0 bridgehead atoms. The van der Waals surface area contributed by atoms with Crippen molar-refractivity contribution >= 4 is 0 Å². The molecule has 10 heteroatoms. The third-order valence-corrected chi connectivity index (χ3v) is 2.56. The Labute approximate surface area is 100 Å². The van der Waals surface area contributed by atoms with E-state index >= 15 is 0 Å². The molecule has 0 amide bonds. The van der Waals surface area contributed by atoms with Crippen LogP contribution in [-0.2, 0) is 0 Å². The number of allylic oxidation sites excluding steroid dienone is 4. The Bertz CT molecular complexity index is 406. The number of hydrogen-bond acceptors (Lipinski definition) is 1. The summed E-state index contributed by atoms with van der Waals surface area (Å²) >= 11 is 0. The summed E-state index contributed by atoms with van der Waals surface area (Å²) < 4.78 is 113. The molecule has 1 aliphatic rings. The first-order valence-electron chi connectivity index (χ1n) is 4.60. The Morgan fingerprint density at radius 3 is 1.63 bits per heavy atom. The maximum Gasteiger partial charge on any atom is 0.416 e. The fraction of sp³-hybridized carbons (Fsp3) is 0.556. The van der Waals surface area contributed by atoms with Crippen molar-refractivity contribution < 1.29 is 39.5 Å². The van der Waals surface area contributed by atoms with Crippen LogP contribution in [0.25, 0.3) is 0 Å². The lowest BCUT2D eigenvalue weighted by Gasteiger charge is -2.37. The predicted octanol–water partition coefficient (Wildman–Crippen LogP) is 3.83. The minimum atomic E-state index is -5.94. The Kier molecular flexibility index (Phi) is 3.37. The summed E-state index contributed by atoms with van der Waals surface area (Å²) in [6.45, 7) is 0. The van der Waals surface area contributed by atoms with E-state index in [9.17, 15) is 39.5 Å². The van der Waals surface area contributed by atoms with Crippen LogP contribution in [0.3, 0.4) is 0 Å². The second-order valence-corrected chi connectivity index (χ2v) is 3.96. The zero-order valence-corrected chi connectivity index (χ0v) is 8.84. The average molecular weight is 299 g/mol. The molecule has 0 aromatic rings. The van der Waals surface area contributed by atoms with E-state index < -0.39 is 47.7 Å². The van der Waals surface area contributed by atoms with E-state index in [1.54, 1.807) is 0 Å². The molecule has 0 aromatic carbocycles. The van der Waals surface area contributed by atoms with Gasteiger partial charge in [0.2, 0.25) is 0 Å². The van der Waals surface area contributed by atoms with E-state index in [1.165, 1.54) is 0 Å². The smallest absolute Gasteiger partial charge is 0.402 e. The van der Waals surface area contributed by atoms with Crippen LogP contribution in [0.5, 0.6) is 0 Å². The fourth-order valence-corrected chi connectivity index (χ4v) is 1.62. The first kappa shape index (κ1) is 15.7. The summed E-state index contributed by atoms with van der Waals surface area (Å²) in [5.74, 6) is 0. The van der Waals surface area contributed by atoms with E-state index in [0.29, 0.717) is 0 Å². The van der Waals surface area contributed by atoms with Gasteiger partial charge in [-0.1, -0.05) is 0 Å². The molecule has 0 fully saturated rings. The Morgan fingerprint density at radius 1 is 0.895 bits per heavy atom. The van der Waals surface area contributed by atoms with E-state index in [4.69, 9.17) is 5.73 Å². The van der Waals surface area contributed by atoms with Crippen molar-refractivity contribution in [3.8, 4) is 0 Å². The largest absolute Gasteiger partial charge is 0.416 e. The van der Waals surface area contributed by atoms with Gasteiger partial charge in [-0.25, -0.2) is 0 Å². The van der Waals surface area contributed by atoms with Gasteiger partial charge in [0.25, 0.3) is 0 Å². The molecule has 1 rings (SSSR count). The van der Waals surface area contributed by atoms with Crippen LogP contribution in [-0.4, -0.2) is 18.5 Å². The van der Waals surface area contributed by atoms with Gasteiger partial charge in [-0.3, -0.25) is 0 Å². The van der Waals surface area contributed by atoms with Crippen molar-refractivity contribution in [3.63, 3.8) is 0 Å². The zero-order chi connectivity index (χ0) is 15.3. The quantitative estimate of drug-likeness (QED) is 0.676. The van der Waals surface area contributed by atoms with E-state index in [1.807, 2.05) is 0 Å². The van der Waals surface area contributed by atoms with Gasteiger partial charge >= 0.3 is 18.5 Å². The van der Waals surface area contributed by atoms with E-state index in [2.05, 4.69) is 0 Å². The second kappa shape index (κ2) is 4.07. The van der Waals surface area contributed by atoms with Crippen LogP contribution in [0.2, 0.25) is 0 Å². The topological polar surface area (TPSA) is 26.0 Å². The van der Waals surface area contributed by atoms with Crippen LogP contribution < -0.4 is 5.73 Å². The molecule has 0 radical (unpaired) electrons. The van der Waals surface area contributed by atoms with Gasteiger partial charge < -0.3 is 5.73 Å². The molecule has 0 spiro atoms. The van der Waals surface area contributed by atoms with Gasteiger partial charge in [-0.15, -0.1) is 0 Å². The minimum Gasteiger partial charge on any atom is -0.402 e. The fourth-order valence-electron chi connectivity index (χ4n) is 1.62. The number of nitrogens with two attached hydrogens (primary N) is 1. The lowest BCUT2D eigenvalue weighted by Crippen LogP contribution is -2.51. The van der Waals surface area contributed by atoms with Crippen molar-refractivity contribution in [1.82, 2.24) is 0 Å². The maximum atomic E-state index is 12.6. The van der Waals surface area contributed by atoms with Crippen LogP contribution in [0, 0.1) is 5.41 Å². The molecule has 1 aliphatic carbocycles. The van der Waals surface area contributed by atoms with Crippen LogP contribution in [0.4, 0.5) is 39.5 Å². The highest BCUT2D eigenvalue weighted by molar-refractivity contribution is 5.36. The summed E-state index contributed by atoms with van der Waals surface area (Å²) in [4.78, 5) is 0.